The molecule has 1 fully saturated rings. The Morgan fingerprint density at radius 3 is 2.30 bits per heavy atom. The summed E-state index contributed by atoms with van der Waals surface area (Å²) in [5, 5.41) is 0. The molecule has 3 aromatic rings. The number of rotatable bonds is 4. The van der Waals surface area contributed by atoms with Gasteiger partial charge >= 0.3 is 6.09 Å². The first kappa shape index (κ1) is 30.8. The molecule has 43 heavy (non-hydrogen) atoms. The van der Waals surface area contributed by atoms with Crippen molar-refractivity contribution in [3.63, 3.8) is 0 Å². The van der Waals surface area contributed by atoms with Crippen molar-refractivity contribution in [3.8, 4) is 11.4 Å². The molecule has 0 aliphatic carbocycles. The first-order valence-electron chi connectivity index (χ1n) is 15.8. The zero-order chi connectivity index (χ0) is 31.2. The molecule has 5 rings (SSSR count). The first-order chi connectivity index (χ1) is 20.2. The lowest BCUT2D eigenvalue weighted by atomic mass is 9.97. The predicted octanol–water partition coefficient (Wildman–Crippen LogP) is 7.59. The van der Waals surface area contributed by atoms with E-state index in [2.05, 4.69) is 94.7 Å². The molecule has 7 heteroatoms. The topological polar surface area (TPSA) is 61.8 Å². The van der Waals surface area contributed by atoms with Crippen LogP contribution in [0.25, 0.3) is 11.4 Å². The van der Waals surface area contributed by atoms with E-state index >= 15 is 0 Å². The Hall–Kier alpha value is -3.61. The van der Waals surface area contributed by atoms with E-state index in [1.807, 2.05) is 25.7 Å². The van der Waals surface area contributed by atoms with Gasteiger partial charge in [-0.1, -0.05) is 44.2 Å². The molecule has 0 N–H and O–H groups in total. The molecule has 0 saturated carbocycles. The van der Waals surface area contributed by atoms with E-state index in [-0.39, 0.29) is 18.2 Å². The fraction of sp³-hybridized carbons (Fsp3) is 0.528. The van der Waals surface area contributed by atoms with E-state index < -0.39 is 5.60 Å². The minimum absolute atomic E-state index is 0.0232. The third kappa shape index (κ3) is 6.36. The number of hydrogen-bond acceptors (Lipinski definition) is 6. The monoisotopic (exact) mass is 583 g/mol. The Balaban J connectivity index is 1.57. The van der Waals surface area contributed by atoms with E-state index in [9.17, 15) is 4.79 Å². The van der Waals surface area contributed by atoms with Gasteiger partial charge in [0.05, 0.1) is 5.69 Å². The molecule has 1 aromatic heterocycles. The first-order valence-corrected chi connectivity index (χ1v) is 15.8. The number of fused-ring (bicyclic) bond motifs is 1. The maximum absolute atomic E-state index is 13.1. The largest absolute Gasteiger partial charge is 0.444 e. The highest BCUT2D eigenvalue weighted by molar-refractivity contribution is 5.71. The number of benzene rings is 2. The number of anilines is 2. The molecule has 1 saturated heterocycles. The zero-order valence-corrected chi connectivity index (χ0v) is 27.8. The summed E-state index contributed by atoms with van der Waals surface area (Å²) >= 11 is 0. The molecule has 3 heterocycles. The van der Waals surface area contributed by atoms with Gasteiger partial charge in [0.15, 0.2) is 5.82 Å². The normalized spacial score (nSPS) is 19.1. The number of amides is 1. The fourth-order valence-corrected chi connectivity index (χ4v) is 6.44. The molecule has 0 spiro atoms. The van der Waals surface area contributed by atoms with Crippen LogP contribution in [0.5, 0.6) is 0 Å². The standard InChI is InChI=1S/C36H49N5O2/c1-22(2)28-15-14-23(3)31(18-28)39-17-16-30-29(21-39)34(38-33(37-30)32-24(4)12-11-13-25(32)5)40-19-27(7)41(20-26(40)6)35(42)43-36(8,9)10/h11-15,18,22,26-27H,16-17,19-21H2,1-10H3/t26-,27+/m1/s1. The van der Waals surface area contributed by atoms with Crippen LogP contribution in [0.15, 0.2) is 36.4 Å². The smallest absolute Gasteiger partial charge is 0.410 e. The molecule has 0 unspecified atom stereocenters. The molecule has 1 amide bonds. The maximum atomic E-state index is 13.1. The summed E-state index contributed by atoms with van der Waals surface area (Å²) in [6.45, 7) is 24.0. The highest BCUT2D eigenvalue weighted by Crippen LogP contribution is 2.37. The summed E-state index contributed by atoms with van der Waals surface area (Å²) < 4.78 is 5.77. The fourth-order valence-electron chi connectivity index (χ4n) is 6.44. The third-order valence-electron chi connectivity index (χ3n) is 8.87. The minimum Gasteiger partial charge on any atom is -0.444 e. The van der Waals surface area contributed by atoms with Crippen molar-refractivity contribution in [2.75, 3.05) is 29.4 Å². The van der Waals surface area contributed by atoms with Crippen LogP contribution < -0.4 is 9.80 Å². The van der Waals surface area contributed by atoms with Crippen LogP contribution in [0.3, 0.4) is 0 Å². The Kier molecular flexibility index (Phi) is 8.47. The van der Waals surface area contributed by atoms with E-state index in [0.717, 1.165) is 42.4 Å². The SMILES string of the molecule is Cc1ccc(C(C)C)cc1N1CCc2nc(-c3c(C)cccc3C)nc(N3C[C@H](C)N(C(=O)OC(C)(C)C)C[C@H]3C)c2C1. The van der Waals surface area contributed by atoms with Crippen LogP contribution in [0, 0.1) is 20.8 Å². The Morgan fingerprint density at radius 1 is 0.953 bits per heavy atom. The number of carbonyl (C=O) groups excluding carboxylic acids is 1. The zero-order valence-electron chi connectivity index (χ0n) is 27.8. The molecule has 2 aliphatic heterocycles. The Labute approximate surface area is 258 Å². The van der Waals surface area contributed by atoms with Gasteiger partial charge in [-0.2, -0.15) is 0 Å². The van der Waals surface area contributed by atoms with Crippen LogP contribution in [0.1, 0.15) is 87.9 Å². The highest BCUT2D eigenvalue weighted by atomic mass is 16.6. The molecule has 2 aromatic carbocycles. The molecular weight excluding hydrogens is 534 g/mol. The van der Waals surface area contributed by atoms with Crippen LogP contribution in [-0.2, 0) is 17.7 Å². The average Bonchev–Trinajstić information content (AvgIpc) is 2.92. The third-order valence-corrected chi connectivity index (χ3v) is 8.87. The van der Waals surface area contributed by atoms with Crippen LogP contribution in [-0.4, -0.2) is 58.3 Å². The van der Waals surface area contributed by atoms with Gasteiger partial charge in [-0.15, -0.1) is 0 Å². The number of aromatic nitrogens is 2. The number of aryl methyl sites for hydroxylation is 3. The van der Waals surface area contributed by atoms with E-state index in [4.69, 9.17) is 14.7 Å². The van der Waals surface area contributed by atoms with Gasteiger partial charge in [-0.05, 0) is 89.6 Å². The predicted molar refractivity (Wildman–Crippen MR) is 176 cm³/mol. The van der Waals surface area contributed by atoms with Crippen molar-refractivity contribution < 1.29 is 9.53 Å². The van der Waals surface area contributed by atoms with Crippen molar-refractivity contribution >= 4 is 17.6 Å². The summed E-state index contributed by atoms with van der Waals surface area (Å²) in [5.41, 5.74) is 9.20. The summed E-state index contributed by atoms with van der Waals surface area (Å²) in [6.07, 6.45) is 0.606. The lowest BCUT2D eigenvalue weighted by Crippen LogP contribution is -2.59. The average molecular weight is 584 g/mol. The molecule has 230 valence electrons. The quantitative estimate of drug-likeness (QED) is 0.315. The van der Waals surface area contributed by atoms with E-state index in [1.54, 1.807) is 0 Å². The number of hydrogen-bond donors (Lipinski definition) is 0. The molecular formula is C36H49N5O2. The van der Waals surface area contributed by atoms with Crippen molar-refractivity contribution in [3.05, 3.63) is 69.9 Å². The second kappa shape index (κ2) is 11.8. The second-order valence-corrected chi connectivity index (χ2v) is 13.9. The summed E-state index contributed by atoms with van der Waals surface area (Å²) in [5.74, 6) is 2.26. The highest BCUT2D eigenvalue weighted by Gasteiger charge is 2.37. The van der Waals surface area contributed by atoms with Crippen molar-refractivity contribution in [1.29, 1.82) is 0 Å². The van der Waals surface area contributed by atoms with Crippen molar-refractivity contribution in [2.45, 2.75) is 106 Å². The van der Waals surface area contributed by atoms with Gasteiger partial charge < -0.3 is 19.4 Å². The number of nitrogens with zero attached hydrogens (tertiary/aromatic N) is 5. The lowest BCUT2D eigenvalue weighted by molar-refractivity contribution is 0.0129. The van der Waals surface area contributed by atoms with Gasteiger partial charge in [0.2, 0.25) is 0 Å². The summed E-state index contributed by atoms with van der Waals surface area (Å²) in [4.78, 5) is 30.5. The van der Waals surface area contributed by atoms with Gasteiger partial charge in [0.1, 0.15) is 11.4 Å². The minimum atomic E-state index is -0.530. The molecule has 0 radical (unpaired) electrons. The van der Waals surface area contributed by atoms with E-state index in [1.165, 1.54) is 33.5 Å². The number of carbonyl (C=O) groups is 1. The summed E-state index contributed by atoms with van der Waals surface area (Å²) in [7, 11) is 0. The second-order valence-electron chi connectivity index (χ2n) is 13.9. The maximum Gasteiger partial charge on any atom is 0.410 e. The van der Waals surface area contributed by atoms with Gasteiger partial charge in [-0.25, -0.2) is 14.8 Å². The van der Waals surface area contributed by atoms with Crippen LogP contribution >= 0.6 is 0 Å². The van der Waals surface area contributed by atoms with Crippen molar-refractivity contribution in [1.82, 2.24) is 14.9 Å². The van der Waals surface area contributed by atoms with Gasteiger partial charge in [-0.3, -0.25) is 0 Å². The molecule has 2 atom stereocenters. The molecule has 2 aliphatic rings. The molecule has 0 bridgehead atoms. The van der Waals surface area contributed by atoms with Crippen molar-refractivity contribution in [2.24, 2.45) is 0 Å². The van der Waals surface area contributed by atoms with Gasteiger partial charge in [0.25, 0.3) is 0 Å². The lowest BCUT2D eigenvalue weighted by Gasteiger charge is -2.46. The van der Waals surface area contributed by atoms with Crippen LogP contribution in [0.4, 0.5) is 16.3 Å². The Bertz CT molecular complexity index is 1490. The summed E-state index contributed by atoms with van der Waals surface area (Å²) in [6, 6.07) is 13.3. The Morgan fingerprint density at radius 2 is 1.65 bits per heavy atom. The van der Waals surface area contributed by atoms with Gasteiger partial charge in [0, 0.05) is 61.5 Å². The number of piperazine rings is 1. The molecule has 7 nitrogen and oxygen atoms in total. The van der Waals surface area contributed by atoms with Crippen LogP contribution in [0.2, 0.25) is 0 Å². The number of ether oxygens (including phenoxy) is 1. The van der Waals surface area contributed by atoms with E-state index in [0.29, 0.717) is 19.0 Å².